The first kappa shape index (κ1) is 15.3. The van der Waals surface area contributed by atoms with E-state index in [1.807, 2.05) is 0 Å². The monoisotopic (exact) mass is 294 g/mol. The molecule has 2 atom stereocenters. The Morgan fingerprint density at radius 2 is 1.59 bits per heavy atom. The van der Waals surface area contributed by atoms with Crippen LogP contribution in [0.25, 0.3) is 0 Å². The third-order valence-corrected chi connectivity index (χ3v) is 4.62. The lowest BCUT2D eigenvalue weighted by atomic mass is 10.1. The van der Waals surface area contributed by atoms with E-state index in [1.165, 1.54) is 17.5 Å². The van der Waals surface area contributed by atoms with E-state index in [0.29, 0.717) is 12.1 Å². The Bertz CT molecular complexity index is 552. The SMILES string of the molecule is C[C@@H]1C[C@@H](NCCc2ccccc2)CN1Cc1ccccc1. The van der Waals surface area contributed by atoms with Crippen LogP contribution in [-0.2, 0) is 13.0 Å². The van der Waals surface area contributed by atoms with Gasteiger partial charge < -0.3 is 5.32 Å². The molecule has 0 unspecified atom stereocenters. The molecule has 0 aliphatic carbocycles. The summed E-state index contributed by atoms with van der Waals surface area (Å²) in [6, 6.07) is 22.8. The fourth-order valence-electron chi connectivity index (χ4n) is 3.35. The first-order valence-corrected chi connectivity index (χ1v) is 8.36. The number of nitrogens with zero attached hydrogens (tertiary/aromatic N) is 1. The molecule has 0 aromatic heterocycles. The van der Waals surface area contributed by atoms with Gasteiger partial charge in [-0.15, -0.1) is 0 Å². The van der Waals surface area contributed by atoms with E-state index in [4.69, 9.17) is 0 Å². The molecule has 2 aromatic carbocycles. The standard InChI is InChI=1S/C20H26N2/c1-17-14-20(21-13-12-18-8-4-2-5-9-18)16-22(17)15-19-10-6-3-7-11-19/h2-11,17,20-21H,12-16H2,1H3/t17-,20-/m1/s1. The lowest BCUT2D eigenvalue weighted by Crippen LogP contribution is -2.34. The van der Waals surface area contributed by atoms with Gasteiger partial charge in [0.05, 0.1) is 0 Å². The minimum atomic E-state index is 0.627. The third kappa shape index (κ3) is 4.19. The van der Waals surface area contributed by atoms with Crippen molar-refractivity contribution >= 4 is 0 Å². The van der Waals surface area contributed by atoms with Gasteiger partial charge in [0, 0.05) is 25.2 Å². The largest absolute Gasteiger partial charge is 0.312 e. The molecule has 1 aliphatic rings. The zero-order valence-electron chi connectivity index (χ0n) is 13.4. The normalized spacial score (nSPS) is 22.0. The molecule has 1 fully saturated rings. The second-order valence-electron chi connectivity index (χ2n) is 6.39. The number of nitrogens with one attached hydrogen (secondary N) is 1. The first-order valence-electron chi connectivity index (χ1n) is 8.36. The summed E-state index contributed by atoms with van der Waals surface area (Å²) >= 11 is 0. The molecule has 2 heteroatoms. The van der Waals surface area contributed by atoms with Crippen molar-refractivity contribution in [2.45, 2.75) is 38.4 Å². The molecule has 0 spiro atoms. The van der Waals surface area contributed by atoms with E-state index in [-0.39, 0.29) is 0 Å². The van der Waals surface area contributed by atoms with E-state index in [2.05, 4.69) is 77.8 Å². The van der Waals surface area contributed by atoms with Crippen LogP contribution in [0.4, 0.5) is 0 Å². The number of hydrogen-bond acceptors (Lipinski definition) is 2. The molecular weight excluding hydrogens is 268 g/mol. The lowest BCUT2D eigenvalue weighted by Gasteiger charge is -2.21. The quantitative estimate of drug-likeness (QED) is 0.877. The summed E-state index contributed by atoms with van der Waals surface area (Å²) in [6.45, 7) is 5.64. The van der Waals surface area contributed by atoms with Crippen LogP contribution < -0.4 is 5.32 Å². The number of hydrogen-bond donors (Lipinski definition) is 1. The first-order chi connectivity index (χ1) is 10.8. The van der Waals surface area contributed by atoms with Gasteiger partial charge in [-0.05, 0) is 37.4 Å². The summed E-state index contributed by atoms with van der Waals surface area (Å²) in [5.74, 6) is 0. The maximum Gasteiger partial charge on any atom is 0.0237 e. The molecule has 2 nitrogen and oxygen atoms in total. The zero-order chi connectivity index (χ0) is 15.2. The summed E-state index contributed by atoms with van der Waals surface area (Å²) in [7, 11) is 0. The highest BCUT2D eigenvalue weighted by Crippen LogP contribution is 2.20. The van der Waals surface area contributed by atoms with Gasteiger partial charge in [-0.25, -0.2) is 0 Å². The zero-order valence-corrected chi connectivity index (χ0v) is 13.4. The fraction of sp³-hybridized carbons (Fsp3) is 0.400. The highest BCUT2D eigenvalue weighted by Gasteiger charge is 2.28. The van der Waals surface area contributed by atoms with Gasteiger partial charge in [-0.2, -0.15) is 0 Å². The molecule has 1 N–H and O–H groups in total. The molecule has 0 bridgehead atoms. The molecule has 2 aromatic rings. The molecule has 0 saturated carbocycles. The van der Waals surface area contributed by atoms with Gasteiger partial charge in [-0.3, -0.25) is 4.90 Å². The Kier molecular flexibility index (Phi) is 5.25. The van der Waals surface area contributed by atoms with Gasteiger partial charge >= 0.3 is 0 Å². The number of likely N-dealkylation sites (tertiary alicyclic amines) is 1. The van der Waals surface area contributed by atoms with E-state index in [1.54, 1.807) is 0 Å². The molecule has 1 aliphatic heterocycles. The molecule has 0 amide bonds. The number of benzene rings is 2. The summed E-state index contributed by atoms with van der Waals surface area (Å²) in [5, 5.41) is 3.73. The van der Waals surface area contributed by atoms with Crippen molar-refractivity contribution in [3.05, 3.63) is 71.8 Å². The molecular formula is C20H26N2. The van der Waals surface area contributed by atoms with Gasteiger partial charge in [-0.1, -0.05) is 60.7 Å². The maximum atomic E-state index is 3.73. The van der Waals surface area contributed by atoms with Crippen LogP contribution in [0, 0.1) is 0 Å². The van der Waals surface area contributed by atoms with Crippen LogP contribution in [0.3, 0.4) is 0 Å². The second-order valence-corrected chi connectivity index (χ2v) is 6.39. The minimum Gasteiger partial charge on any atom is -0.312 e. The van der Waals surface area contributed by atoms with E-state index >= 15 is 0 Å². The van der Waals surface area contributed by atoms with E-state index in [9.17, 15) is 0 Å². The topological polar surface area (TPSA) is 15.3 Å². The van der Waals surface area contributed by atoms with Crippen LogP contribution in [0.1, 0.15) is 24.5 Å². The van der Waals surface area contributed by atoms with Crippen molar-refractivity contribution in [2.24, 2.45) is 0 Å². The molecule has 116 valence electrons. The second kappa shape index (κ2) is 7.57. The predicted molar refractivity (Wildman–Crippen MR) is 92.9 cm³/mol. The van der Waals surface area contributed by atoms with Crippen LogP contribution in [0.2, 0.25) is 0 Å². The van der Waals surface area contributed by atoms with Gasteiger partial charge in [0.25, 0.3) is 0 Å². The van der Waals surface area contributed by atoms with Crippen LogP contribution >= 0.6 is 0 Å². The van der Waals surface area contributed by atoms with Crippen LogP contribution in [0.5, 0.6) is 0 Å². The number of rotatable bonds is 6. The van der Waals surface area contributed by atoms with Crippen molar-refractivity contribution in [1.82, 2.24) is 10.2 Å². The van der Waals surface area contributed by atoms with Crippen LogP contribution in [-0.4, -0.2) is 30.1 Å². The molecule has 3 rings (SSSR count). The summed E-state index contributed by atoms with van der Waals surface area (Å²) in [4.78, 5) is 2.59. The van der Waals surface area contributed by atoms with Gasteiger partial charge in [0.2, 0.25) is 0 Å². The lowest BCUT2D eigenvalue weighted by molar-refractivity contribution is 0.257. The molecule has 22 heavy (non-hydrogen) atoms. The smallest absolute Gasteiger partial charge is 0.0237 e. The summed E-state index contributed by atoms with van der Waals surface area (Å²) in [5.41, 5.74) is 2.83. The van der Waals surface area contributed by atoms with Crippen LogP contribution in [0.15, 0.2) is 60.7 Å². The average Bonchev–Trinajstić information content (AvgIpc) is 2.89. The average molecular weight is 294 g/mol. The van der Waals surface area contributed by atoms with E-state index < -0.39 is 0 Å². The molecule has 0 radical (unpaired) electrons. The summed E-state index contributed by atoms with van der Waals surface area (Å²) in [6.07, 6.45) is 2.37. The highest BCUT2D eigenvalue weighted by molar-refractivity contribution is 5.16. The Morgan fingerprint density at radius 1 is 0.955 bits per heavy atom. The van der Waals surface area contributed by atoms with Gasteiger partial charge in [0.15, 0.2) is 0 Å². The maximum absolute atomic E-state index is 3.73. The molecule has 1 heterocycles. The van der Waals surface area contributed by atoms with Crippen molar-refractivity contribution in [3.63, 3.8) is 0 Å². The van der Waals surface area contributed by atoms with E-state index in [0.717, 1.165) is 26.1 Å². The molecule has 1 saturated heterocycles. The minimum absolute atomic E-state index is 0.627. The Hall–Kier alpha value is -1.64. The Labute approximate surface area is 134 Å². The fourth-order valence-corrected chi connectivity index (χ4v) is 3.35. The van der Waals surface area contributed by atoms with Crippen molar-refractivity contribution in [1.29, 1.82) is 0 Å². The predicted octanol–water partition coefficient (Wildman–Crippen LogP) is 3.48. The van der Waals surface area contributed by atoms with Crippen molar-refractivity contribution in [3.8, 4) is 0 Å². The summed E-state index contributed by atoms with van der Waals surface area (Å²) < 4.78 is 0. The van der Waals surface area contributed by atoms with Crippen molar-refractivity contribution < 1.29 is 0 Å². The van der Waals surface area contributed by atoms with Crippen molar-refractivity contribution in [2.75, 3.05) is 13.1 Å². The highest BCUT2D eigenvalue weighted by atomic mass is 15.2. The third-order valence-electron chi connectivity index (χ3n) is 4.62. The van der Waals surface area contributed by atoms with Gasteiger partial charge in [0.1, 0.15) is 0 Å². The Morgan fingerprint density at radius 3 is 2.27 bits per heavy atom. The Balaban J connectivity index is 1.44.